The number of benzene rings is 8. The van der Waals surface area contributed by atoms with Crippen LogP contribution in [0.25, 0.3) is 42.4 Å². The van der Waals surface area contributed by atoms with Crippen molar-refractivity contribution in [3.8, 4) is 22.3 Å². The molecule has 0 amide bonds. The van der Waals surface area contributed by atoms with Crippen LogP contribution in [0, 0.1) is 13.8 Å². The lowest BCUT2D eigenvalue weighted by Gasteiger charge is -2.26. The minimum absolute atomic E-state index is 0.209. The van der Waals surface area contributed by atoms with Crippen LogP contribution in [0.3, 0.4) is 0 Å². The molecule has 6 nitrogen and oxygen atoms in total. The third-order valence-corrected chi connectivity index (χ3v) is 13.4. The maximum atomic E-state index is 12.2. The molecule has 9 rings (SSSR count). The molecule has 0 saturated heterocycles. The van der Waals surface area contributed by atoms with Crippen molar-refractivity contribution in [3.63, 3.8) is 0 Å². The number of aryl methyl sites for hydroxylation is 4. The molecule has 0 saturated carbocycles. The SMILES string of the molecule is COCCOC(=O)CCc1ccc(N(c2ccc(C)cc2)c2ccc(-c3ccc4c(c3)sc3cc(-c5ccc(N(c6ccc(C)cc6)c6ccc(CCC(C)=O)cc6)cc5)ccc34)cc2)cc1. The Morgan fingerprint density at radius 1 is 0.448 bits per heavy atom. The summed E-state index contributed by atoms with van der Waals surface area (Å²) in [6.45, 7) is 6.54. The summed E-state index contributed by atoms with van der Waals surface area (Å²) < 4.78 is 12.8. The normalized spacial score (nSPS) is 11.2. The number of methoxy groups -OCH3 is 1. The third-order valence-electron chi connectivity index (χ3n) is 12.3. The molecule has 0 fully saturated rings. The van der Waals surface area contributed by atoms with E-state index in [2.05, 4.69) is 206 Å². The zero-order valence-corrected chi connectivity index (χ0v) is 39.3. The van der Waals surface area contributed by atoms with Crippen LogP contribution in [-0.2, 0) is 31.9 Å². The van der Waals surface area contributed by atoms with Crippen molar-refractivity contribution in [1.82, 2.24) is 0 Å². The molecule has 0 aliphatic carbocycles. The molecule has 1 aromatic heterocycles. The Hall–Kier alpha value is -7.32. The fraction of sp³-hybridized carbons (Fsp3) is 0.167. The molecule has 0 radical (unpaired) electrons. The summed E-state index contributed by atoms with van der Waals surface area (Å²) in [5, 5.41) is 2.53. The quantitative estimate of drug-likeness (QED) is 0.0670. The van der Waals surface area contributed by atoms with E-state index in [0.717, 1.165) is 57.2 Å². The van der Waals surface area contributed by atoms with E-state index >= 15 is 0 Å². The van der Waals surface area contributed by atoms with Crippen molar-refractivity contribution in [2.45, 2.75) is 46.5 Å². The average Bonchev–Trinajstić information content (AvgIpc) is 3.72. The summed E-state index contributed by atoms with van der Waals surface area (Å²) in [7, 11) is 1.59. The molecule has 9 aromatic rings. The van der Waals surface area contributed by atoms with Crippen LogP contribution in [0.15, 0.2) is 182 Å². The number of esters is 1. The van der Waals surface area contributed by atoms with E-state index in [-0.39, 0.29) is 18.4 Å². The maximum absolute atomic E-state index is 12.2. The van der Waals surface area contributed by atoms with Crippen LogP contribution in [0.5, 0.6) is 0 Å². The highest BCUT2D eigenvalue weighted by atomic mass is 32.1. The molecule has 0 N–H and O–H groups in total. The molecule has 334 valence electrons. The first kappa shape index (κ1) is 44.9. The third kappa shape index (κ3) is 10.5. The van der Waals surface area contributed by atoms with Crippen molar-refractivity contribution in [3.05, 3.63) is 204 Å². The van der Waals surface area contributed by atoms with Crippen LogP contribution in [0.2, 0.25) is 0 Å². The molecule has 0 aliphatic heterocycles. The molecule has 0 aliphatic rings. The van der Waals surface area contributed by atoms with Gasteiger partial charge in [-0.3, -0.25) is 4.79 Å². The van der Waals surface area contributed by atoms with E-state index in [1.807, 2.05) is 11.3 Å². The lowest BCUT2D eigenvalue weighted by atomic mass is 10.0. The highest BCUT2D eigenvalue weighted by molar-refractivity contribution is 7.25. The van der Waals surface area contributed by atoms with E-state index in [1.54, 1.807) is 14.0 Å². The van der Waals surface area contributed by atoms with Crippen LogP contribution >= 0.6 is 11.3 Å². The molecule has 1 heterocycles. The molecular formula is C60H54N2O4S. The zero-order chi connectivity index (χ0) is 46.3. The van der Waals surface area contributed by atoms with Gasteiger partial charge in [0.05, 0.1) is 6.61 Å². The second kappa shape index (κ2) is 20.5. The minimum atomic E-state index is -0.217. The first-order chi connectivity index (χ1) is 32.7. The van der Waals surface area contributed by atoms with Crippen LogP contribution < -0.4 is 9.80 Å². The Kier molecular flexibility index (Phi) is 13.7. The number of ether oxygens (including phenoxy) is 2. The number of thiophene rings is 1. The van der Waals surface area contributed by atoms with Gasteiger partial charge in [0.15, 0.2) is 0 Å². The Balaban J connectivity index is 0.940. The van der Waals surface area contributed by atoms with Gasteiger partial charge in [-0.2, -0.15) is 0 Å². The first-order valence-electron chi connectivity index (χ1n) is 22.9. The van der Waals surface area contributed by atoms with Gasteiger partial charge in [-0.15, -0.1) is 11.3 Å². The van der Waals surface area contributed by atoms with Crippen molar-refractivity contribution in [2.24, 2.45) is 0 Å². The van der Waals surface area contributed by atoms with Gasteiger partial charge in [0.2, 0.25) is 0 Å². The molecule has 0 unspecified atom stereocenters. The van der Waals surface area contributed by atoms with E-state index in [4.69, 9.17) is 9.47 Å². The van der Waals surface area contributed by atoms with Crippen LogP contribution in [-0.4, -0.2) is 32.1 Å². The summed E-state index contributed by atoms with van der Waals surface area (Å²) in [5.74, 6) is -0.00731. The van der Waals surface area contributed by atoms with Gasteiger partial charge in [0.25, 0.3) is 0 Å². The van der Waals surface area contributed by atoms with Gasteiger partial charge in [0, 0.05) is 74.2 Å². The second-order valence-electron chi connectivity index (χ2n) is 17.2. The van der Waals surface area contributed by atoms with E-state index in [0.29, 0.717) is 25.9 Å². The maximum Gasteiger partial charge on any atom is 0.306 e. The van der Waals surface area contributed by atoms with Gasteiger partial charge < -0.3 is 24.1 Å². The minimum Gasteiger partial charge on any atom is -0.463 e. The Morgan fingerprint density at radius 3 is 1.19 bits per heavy atom. The highest BCUT2D eigenvalue weighted by Gasteiger charge is 2.16. The van der Waals surface area contributed by atoms with Crippen molar-refractivity contribution < 1.29 is 19.1 Å². The predicted molar refractivity (Wildman–Crippen MR) is 279 cm³/mol. The monoisotopic (exact) mass is 898 g/mol. The van der Waals surface area contributed by atoms with Crippen molar-refractivity contribution >= 4 is 77.4 Å². The van der Waals surface area contributed by atoms with Crippen molar-refractivity contribution in [2.75, 3.05) is 30.1 Å². The number of Topliss-reactive ketones (excluding diaryl/α,β-unsaturated/α-hetero) is 1. The number of fused-ring (bicyclic) bond motifs is 3. The smallest absolute Gasteiger partial charge is 0.306 e. The number of hydrogen-bond donors (Lipinski definition) is 0. The lowest BCUT2D eigenvalue weighted by Crippen LogP contribution is -2.11. The fourth-order valence-corrected chi connectivity index (χ4v) is 9.71. The van der Waals surface area contributed by atoms with Gasteiger partial charge in [-0.05, 0) is 152 Å². The van der Waals surface area contributed by atoms with E-state index in [1.165, 1.54) is 48.0 Å². The number of ketones is 1. The number of rotatable bonds is 17. The van der Waals surface area contributed by atoms with Gasteiger partial charge >= 0.3 is 5.97 Å². The number of anilines is 6. The summed E-state index contributed by atoms with van der Waals surface area (Å²) in [4.78, 5) is 28.4. The Labute approximate surface area is 397 Å². The van der Waals surface area contributed by atoms with Crippen LogP contribution in [0.1, 0.15) is 42.0 Å². The summed E-state index contributed by atoms with van der Waals surface area (Å²) in [5.41, 5.74) is 15.8. The summed E-state index contributed by atoms with van der Waals surface area (Å²) in [6.07, 6.45) is 2.25. The topological polar surface area (TPSA) is 59.1 Å². The molecular weight excluding hydrogens is 845 g/mol. The van der Waals surface area contributed by atoms with E-state index in [9.17, 15) is 9.59 Å². The molecule has 0 atom stereocenters. The fourth-order valence-electron chi connectivity index (χ4n) is 8.53. The first-order valence-corrected chi connectivity index (χ1v) is 23.7. The largest absolute Gasteiger partial charge is 0.463 e. The Bertz CT molecular complexity index is 3120. The standard InChI is InChI=1S/C60H54N2O4S/c1-41-5-22-50(23-6-41)61(52-26-11-44(12-27-52)10-9-43(3)63)54-30-16-46(17-31-54)48-20-34-56-57-35-21-49(40-59(57)67-58(56)39-48)47-18-32-55(33-19-47)62(51-24-7-42(2)8-25-51)53-28-13-45(14-29-53)15-36-60(64)66-38-37-65-4/h5-8,11-14,16-35,39-40H,9-10,15,36-38H2,1-4H3. The number of carbonyl (C=O) groups is 2. The van der Waals surface area contributed by atoms with Gasteiger partial charge in [0.1, 0.15) is 12.4 Å². The number of carbonyl (C=O) groups excluding carboxylic acids is 2. The van der Waals surface area contributed by atoms with Crippen molar-refractivity contribution in [1.29, 1.82) is 0 Å². The lowest BCUT2D eigenvalue weighted by molar-refractivity contribution is -0.144. The molecule has 67 heavy (non-hydrogen) atoms. The van der Waals surface area contributed by atoms with Gasteiger partial charge in [-0.1, -0.05) is 108 Å². The summed E-state index contributed by atoms with van der Waals surface area (Å²) >= 11 is 1.84. The number of hydrogen-bond acceptors (Lipinski definition) is 7. The number of nitrogens with zero attached hydrogens (tertiary/aromatic N) is 2. The molecule has 8 aromatic carbocycles. The Morgan fingerprint density at radius 2 is 0.806 bits per heavy atom. The molecule has 0 bridgehead atoms. The van der Waals surface area contributed by atoms with Gasteiger partial charge in [-0.25, -0.2) is 0 Å². The second-order valence-corrected chi connectivity index (χ2v) is 18.3. The molecule has 7 heteroatoms. The average molecular weight is 899 g/mol. The van der Waals surface area contributed by atoms with Crippen LogP contribution in [0.4, 0.5) is 34.1 Å². The highest BCUT2D eigenvalue weighted by Crippen LogP contribution is 2.41. The predicted octanol–water partition coefficient (Wildman–Crippen LogP) is 15.6. The zero-order valence-electron chi connectivity index (χ0n) is 38.5. The molecule has 0 spiro atoms. The summed E-state index contributed by atoms with van der Waals surface area (Å²) in [6, 6.07) is 65.5. The van der Waals surface area contributed by atoms with E-state index < -0.39 is 0 Å².